The van der Waals surface area contributed by atoms with Crippen LogP contribution in [0, 0.1) is 23.7 Å². The summed E-state index contributed by atoms with van der Waals surface area (Å²) in [4.78, 5) is 60.5. The van der Waals surface area contributed by atoms with Gasteiger partial charge in [-0.15, -0.1) is 0 Å². The average molecular weight is 796 g/mol. The van der Waals surface area contributed by atoms with E-state index in [4.69, 9.17) is 32.7 Å². The van der Waals surface area contributed by atoms with E-state index in [1.54, 1.807) is 60.7 Å². The van der Waals surface area contributed by atoms with Gasteiger partial charge in [0.2, 0.25) is 11.8 Å². The molecule has 286 valence electrons. The summed E-state index contributed by atoms with van der Waals surface area (Å²) < 4.78 is 11.6. The van der Waals surface area contributed by atoms with Gasteiger partial charge in [-0.2, -0.15) is 5.01 Å². The number of benzene rings is 4. The van der Waals surface area contributed by atoms with Crippen LogP contribution < -0.4 is 25.3 Å². The van der Waals surface area contributed by atoms with Crippen molar-refractivity contribution in [3.63, 3.8) is 0 Å². The van der Waals surface area contributed by atoms with Crippen LogP contribution in [0.3, 0.4) is 0 Å². The van der Waals surface area contributed by atoms with Gasteiger partial charge in [-0.05, 0) is 78.3 Å². The van der Waals surface area contributed by atoms with E-state index in [2.05, 4.69) is 5.43 Å². The molecular formula is C41H36BCl2N3O9. The Labute approximate surface area is 332 Å². The molecule has 6 unspecified atom stereocenters. The third-order valence-corrected chi connectivity index (χ3v) is 12.1. The maximum atomic E-state index is 15.5. The van der Waals surface area contributed by atoms with Crippen LogP contribution in [0.15, 0.2) is 103 Å². The van der Waals surface area contributed by atoms with Crippen molar-refractivity contribution in [1.29, 1.82) is 0 Å². The maximum absolute atomic E-state index is 15.5. The summed E-state index contributed by atoms with van der Waals surface area (Å²) >= 11 is 12.7. The molecule has 8 rings (SSSR count). The lowest BCUT2D eigenvalue weighted by molar-refractivity contribution is -0.138. The zero-order chi connectivity index (χ0) is 39.5. The third-order valence-electron chi connectivity index (χ3n) is 11.6. The first-order valence-electron chi connectivity index (χ1n) is 18.1. The molecule has 4 N–H and O–H groups in total. The molecular weight excluding hydrogens is 760 g/mol. The summed E-state index contributed by atoms with van der Waals surface area (Å²) in [6.07, 6.45) is 2.13. The number of methoxy groups -OCH3 is 1. The lowest BCUT2D eigenvalue weighted by atomic mass is 9.49. The first-order chi connectivity index (χ1) is 27.0. The number of hydrazine groups is 1. The fourth-order valence-corrected chi connectivity index (χ4v) is 9.72. The molecule has 2 aliphatic heterocycles. The van der Waals surface area contributed by atoms with E-state index < -0.39 is 65.8 Å². The molecule has 3 fully saturated rings. The number of aliphatic hydroxyl groups is 1. The van der Waals surface area contributed by atoms with E-state index in [1.807, 2.05) is 12.1 Å². The molecule has 4 aromatic rings. The highest BCUT2D eigenvalue weighted by Gasteiger charge is 2.70. The molecule has 0 spiro atoms. The first kappa shape index (κ1) is 37.7. The summed E-state index contributed by atoms with van der Waals surface area (Å²) in [5.41, 5.74) is 3.73. The molecule has 0 radical (unpaired) electrons. The van der Waals surface area contributed by atoms with Gasteiger partial charge < -0.3 is 24.6 Å². The van der Waals surface area contributed by atoms with Gasteiger partial charge in [0.15, 0.2) is 0 Å². The SMILES string of the molecule is COc1ccc(C23C(=O)N(Nc4ccc(Cl)cc4Cl)C(=O)C2CC2C(=CCC4C(=O)N(c5cccc(B(O)O)c5)C(=O)C42)C3c2ccccc2OCCO)cc1. The molecule has 56 heavy (non-hydrogen) atoms. The normalized spacial score (nSPS) is 25.4. The number of anilines is 2. The number of fused-ring (bicyclic) bond motifs is 4. The van der Waals surface area contributed by atoms with Crippen molar-refractivity contribution in [3.8, 4) is 11.5 Å². The number of carbonyl (C=O) groups is 4. The van der Waals surface area contributed by atoms with Crippen LogP contribution in [-0.4, -0.2) is 71.2 Å². The van der Waals surface area contributed by atoms with Crippen LogP contribution in [0.4, 0.5) is 11.4 Å². The number of imide groups is 2. The number of nitrogens with zero attached hydrogens (tertiary/aromatic N) is 2. The third kappa shape index (κ3) is 5.88. The summed E-state index contributed by atoms with van der Waals surface area (Å²) in [6, 6.07) is 24.7. The Morgan fingerprint density at radius 3 is 2.38 bits per heavy atom. The number of rotatable bonds is 10. The quantitative estimate of drug-likeness (QED) is 0.104. The standard InChI is InChI=1S/C41H36BCl2N3O9/c1-55-26-12-9-22(10-13-26)41-31(38(50)47(40(41)52)45-33-16-11-24(43)20-32(33)44)21-30-27(36(41)28-7-2-3-8-34(28)56-18-17-48)14-15-29-35(30)39(51)46(37(29)49)25-6-4-5-23(19-25)42(53)54/h2-14,16,19-20,29-31,35-36,45,48,53-54H,15,17-18,21H2,1H3. The number of nitrogens with one attached hydrogen (secondary N) is 1. The number of ether oxygens (including phenoxy) is 2. The molecule has 4 amide bonds. The minimum atomic E-state index is -1.82. The summed E-state index contributed by atoms with van der Waals surface area (Å²) in [6.45, 7) is -0.326. The second-order valence-electron chi connectivity index (χ2n) is 14.3. The topological polar surface area (TPSA) is 166 Å². The predicted molar refractivity (Wildman–Crippen MR) is 208 cm³/mol. The molecule has 0 aromatic heterocycles. The van der Waals surface area contributed by atoms with Gasteiger partial charge >= 0.3 is 7.12 Å². The van der Waals surface area contributed by atoms with Crippen LogP contribution in [0.5, 0.6) is 11.5 Å². The van der Waals surface area contributed by atoms with Crippen molar-refractivity contribution in [1.82, 2.24) is 5.01 Å². The van der Waals surface area contributed by atoms with Crippen molar-refractivity contribution < 1.29 is 43.8 Å². The van der Waals surface area contributed by atoms with Crippen LogP contribution in [0.2, 0.25) is 10.0 Å². The van der Waals surface area contributed by atoms with E-state index in [0.717, 1.165) is 9.91 Å². The molecule has 15 heteroatoms. The Balaban J connectivity index is 1.33. The fraction of sp³-hybridized carbons (Fsp3) is 0.268. The van der Waals surface area contributed by atoms with Crippen molar-refractivity contribution >= 4 is 70.8 Å². The second kappa shape index (κ2) is 14.7. The molecule has 1 saturated carbocycles. The monoisotopic (exact) mass is 795 g/mol. The van der Waals surface area contributed by atoms with Gasteiger partial charge in [-0.3, -0.25) is 29.5 Å². The lowest BCUT2D eigenvalue weighted by Gasteiger charge is -2.50. The van der Waals surface area contributed by atoms with Gasteiger partial charge in [-0.1, -0.05) is 77.3 Å². The average Bonchev–Trinajstić information content (AvgIpc) is 3.58. The van der Waals surface area contributed by atoms with Crippen molar-refractivity contribution in [2.24, 2.45) is 23.7 Å². The van der Waals surface area contributed by atoms with E-state index in [1.165, 1.54) is 31.4 Å². The number of allylic oxidation sites excluding steroid dienone is 2. The molecule has 2 aliphatic carbocycles. The Hall–Kier alpha value is -5.18. The molecule has 6 atom stereocenters. The van der Waals surface area contributed by atoms with E-state index in [0.29, 0.717) is 33.2 Å². The number of hydrogen-bond donors (Lipinski definition) is 4. The number of amides is 4. The first-order valence-corrected chi connectivity index (χ1v) is 18.9. The van der Waals surface area contributed by atoms with Crippen molar-refractivity contribution in [2.45, 2.75) is 24.2 Å². The predicted octanol–water partition coefficient (Wildman–Crippen LogP) is 4.24. The van der Waals surface area contributed by atoms with E-state index in [9.17, 15) is 24.7 Å². The summed E-state index contributed by atoms with van der Waals surface area (Å²) in [5.74, 6) is -5.46. The van der Waals surface area contributed by atoms with Gasteiger partial charge in [0.1, 0.15) is 18.1 Å². The minimum Gasteiger partial charge on any atom is -0.497 e. The lowest BCUT2D eigenvalue weighted by Crippen LogP contribution is -2.53. The smallest absolute Gasteiger partial charge is 0.488 e. The Bertz CT molecular complexity index is 2290. The number of hydrogen-bond acceptors (Lipinski definition) is 10. The van der Waals surface area contributed by atoms with Gasteiger partial charge in [0, 0.05) is 16.5 Å². The molecule has 2 saturated heterocycles. The number of halogens is 2. The van der Waals surface area contributed by atoms with Gasteiger partial charge in [0.25, 0.3) is 11.8 Å². The largest absolute Gasteiger partial charge is 0.497 e. The molecule has 4 aromatic carbocycles. The zero-order valence-electron chi connectivity index (χ0n) is 30.0. The number of aliphatic hydroxyl groups excluding tert-OH is 1. The van der Waals surface area contributed by atoms with Crippen LogP contribution in [0.1, 0.15) is 29.9 Å². The fourth-order valence-electron chi connectivity index (χ4n) is 9.27. The van der Waals surface area contributed by atoms with Crippen molar-refractivity contribution in [3.05, 3.63) is 124 Å². The molecule has 12 nitrogen and oxygen atoms in total. The molecule has 2 heterocycles. The Morgan fingerprint density at radius 1 is 0.893 bits per heavy atom. The van der Waals surface area contributed by atoms with Gasteiger partial charge in [-0.25, -0.2) is 0 Å². The highest BCUT2D eigenvalue weighted by molar-refractivity contribution is 6.58. The summed E-state index contributed by atoms with van der Waals surface area (Å²) in [5, 5.41) is 31.0. The van der Waals surface area contributed by atoms with Crippen molar-refractivity contribution in [2.75, 3.05) is 30.6 Å². The van der Waals surface area contributed by atoms with Crippen LogP contribution in [0.25, 0.3) is 0 Å². The highest BCUT2D eigenvalue weighted by Crippen LogP contribution is 2.65. The van der Waals surface area contributed by atoms with Crippen LogP contribution in [-0.2, 0) is 24.6 Å². The molecule has 0 bridgehead atoms. The Morgan fingerprint density at radius 2 is 1.66 bits per heavy atom. The number of para-hydroxylation sites is 1. The molecule has 4 aliphatic rings. The zero-order valence-corrected chi connectivity index (χ0v) is 31.5. The minimum absolute atomic E-state index is 0.0363. The van der Waals surface area contributed by atoms with Gasteiger partial charge in [0.05, 0.1) is 53.3 Å². The van der Waals surface area contributed by atoms with Crippen LogP contribution >= 0.6 is 23.2 Å². The van der Waals surface area contributed by atoms with E-state index in [-0.39, 0.29) is 47.9 Å². The second-order valence-corrected chi connectivity index (χ2v) is 15.1. The Kier molecular flexibility index (Phi) is 9.92. The summed E-state index contributed by atoms with van der Waals surface area (Å²) in [7, 11) is -0.291. The number of carbonyl (C=O) groups excluding carboxylic acids is 4. The van der Waals surface area contributed by atoms with E-state index >= 15 is 9.59 Å². The maximum Gasteiger partial charge on any atom is 0.488 e. The highest BCUT2D eigenvalue weighted by atomic mass is 35.5.